The van der Waals surface area contributed by atoms with Crippen LogP contribution in [0.2, 0.25) is 0 Å². The summed E-state index contributed by atoms with van der Waals surface area (Å²) in [5.41, 5.74) is 8.44. The standard InChI is InChI=1S/C32H37NOS/c1-23-8-6-12-29(20-23)27-11-7-10-25(14-17-27)21-30(34)22-26-15-18-28(19-16-26)31-13-5-4-9-24(2)32(31)33-35-3/h4-6,8,10-14,17,20,26,28H,2,7,9,15-16,18-19,21-22H2,1,3H3/b33-32+. The van der Waals surface area contributed by atoms with Gasteiger partial charge in [-0.3, -0.25) is 4.79 Å². The van der Waals surface area contributed by atoms with Gasteiger partial charge >= 0.3 is 0 Å². The topological polar surface area (TPSA) is 29.4 Å². The lowest BCUT2D eigenvalue weighted by Crippen LogP contribution is -2.22. The summed E-state index contributed by atoms with van der Waals surface area (Å²) >= 11 is 1.51. The Morgan fingerprint density at radius 1 is 1.14 bits per heavy atom. The van der Waals surface area contributed by atoms with E-state index < -0.39 is 0 Å². The Morgan fingerprint density at radius 3 is 2.74 bits per heavy atom. The zero-order chi connectivity index (χ0) is 24.6. The maximum absolute atomic E-state index is 13.0. The highest BCUT2D eigenvalue weighted by atomic mass is 32.2. The van der Waals surface area contributed by atoms with Crippen molar-refractivity contribution in [3.05, 3.63) is 101 Å². The Hall–Kier alpha value is -2.65. The molecule has 0 aliphatic heterocycles. The van der Waals surface area contributed by atoms with Crippen LogP contribution >= 0.6 is 11.9 Å². The van der Waals surface area contributed by atoms with Crippen LogP contribution in [0.4, 0.5) is 0 Å². The second-order valence-corrected chi connectivity index (χ2v) is 10.5. The minimum absolute atomic E-state index is 0.373. The SMILES string of the molecule is C=C1CC=CC=C(C2CCC(CC(=O)CC3=CCC=C(c4cccc(C)c4)C=C3)CC2)/C1=N/SC. The summed E-state index contributed by atoms with van der Waals surface area (Å²) in [4.78, 5) is 13.0. The Bertz CT molecular complexity index is 1140. The van der Waals surface area contributed by atoms with Gasteiger partial charge in [-0.15, -0.1) is 0 Å². The van der Waals surface area contributed by atoms with Gasteiger partial charge in [0.25, 0.3) is 0 Å². The number of nitrogens with zero attached hydrogens (tertiary/aromatic N) is 1. The molecule has 0 saturated heterocycles. The van der Waals surface area contributed by atoms with E-state index in [1.807, 2.05) is 6.26 Å². The largest absolute Gasteiger partial charge is 0.299 e. The molecule has 1 saturated carbocycles. The van der Waals surface area contributed by atoms with Crippen LogP contribution in [-0.4, -0.2) is 17.8 Å². The van der Waals surface area contributed by atoms with Crippen molar-refractivity contribution in [2.75, 3.05) is 6.26 Å². The predicted octanol–water partition coefficient (Wildman–Crippen LogP) is 8.58. The summed E-state index contributed by atoms with van der Waals surface area (Å²) in [5.74, 6) is 1.39. The van der Waals surface area contributed by atoms with Crippen molar-refractivity contribution < 1.29 is 4.79 Å². The Labute approximate surface area is 215 Å². The molecule has 0 radical (unpaired) electrons. The molecule has 0 aromatic heterocycles. The molecule has 3 aliphatic rings. The van der Waals surface area contributed by atoms with Crippen LogP contribution < -0.4 is 0 Å². The van der Waals surface area contributed by atoms with Gasteiger partial charge in [-0.1, -0.05) is 78.9 Å². The van der Waals surface area contributed by atoms with Crippen LogP contribution in [-0.2, 0) is 4.79 Å². The molecule has 182 valence electrons. The van der Waals surface area contributed by atoms with Gasteiger partial charge in [0.15, 0.2) is 0 Å². The smallest absolute Gasteiger partial charge is 0.137 e. The van der Waals surface area contributed by atoms with E-state index in [0.29, 0.717) is 30.5 Å². The first kappa shape index (κ1) is 25.4. The van der Waals surface area contributed by atoms with E-state index in [-0.39, 0.29) is 0 Å². The quantitative estimate of drug-likeness (QED) is 0.363. The van der Waals surface area contributed by atoms with Gasteiger partial charge in [0.05, 0.1) is 5.71 Å². The van der Waals surface area contributed by atoms with E-state index in [1.165, 1.54) is 34.2 Å². The van der Waals surface area contributed by atoms with Crippen molar-refractivity contribution >= 4 is 29.0 Å². The first-order valence-electron chi connectivity index (χ1n) is 12.9. The molecular weight excluding hydrogens is 446 g/mol. The third-order valence-electron chi connectivity index (χ3n) is 7.32. The minimum atomic E-state index is 0.373. The summed E-state index contributed by atoms with van der Waals surface area (Å²) in [5, 5.41) is 0. The molecule has 1 aromatic carbocycles. The third-order valence-corrected chi connectivity index (χ3v) is 7.68. The van der Waals surface area contributed by atoms with Gasteiger partial charge in [0.1, 0.15) is 5.78 Å². The van der Waals surface area contributed by atoms with E-state index in [0.717, 1.165) is 55.4 Å². The van der Waals surface area contributed by atoms with Crippen molar-refractivity contribution in [2.45, 2.75) is 58.3 Å². The van der Waals surface area contributed by atoms with Gasteiger partial charge in [-0.05, 0) is 97.1 Å². The molecule has 0 unspecified atom stereocenters. The maximum atomic E-state index is 13.0. The number of carbonyl (C=O) groups is 1. The molecule has 0 N–H and O–H groups in total. The fraction of sp³-hybridized carbons (Fsp3) is 0.375. The zero-order valence-corrected chi connectivity index (χ0v) is 21.9. The highest BCUT2D eigenvalue weighted by Gasteiger charge is 2.28. The van der Waals surface area contributed by atoms with Crippen molar-refractivity contribution in [1.29, 1.82) is 0 Å². The van der Waals surface area contributed by atoms with Gasteiger partial charge in [-0.2, -0.15) is 0 Å². The average Bonchev–Trinajstić information content (AvgIpc) is 3.19. The molecular formula is C32H37NOS. The predicted molar refractivity (Wildman–Crippen MR) is 153 cm³/mol. The van der Waals surface area contributed by atoms with Crippen LogP contribution in [0.5, 0.6) is 0 Å². The van der Waals surface area contributed by atoms with Crippen LogP contribution in [0.3, 0.4) is 0 Å². The number of ketones is 1. The number of carbonyl (C=O) groups excluding carboxylic acids is 1. The molecule has 4 rings (SSSR count). The molecule has 0 heterocycles. The van der Waals surface area contributed by atoms with Crippen LogP contribution in [0.25, 0.3) is 5.57 Å². The molecule has 3 aliphatic carbocycles. The molecule has 0 bridgehead atoms. The molecule has 1 fully saturated rings. The molecule has 3 heteroatoms. The second kappa shape index (κ2) is 12.4. The highest BCUT2D eigenvalue weighted by Crippen LogP contribution is 2.38. The van der Waals surface area contributed by atoms with Crippen molar-refractivity contribution in [3.63, 3.8) is 0 Å². The number of hydrogen-bond acceptors (Lipinski definition) is 3. The fourth-order valence-corrected chi connectivity index (χ4v) is 5.86. The molecule has 35 heavy (non-hydrogen) atoms. The van der Waals surface area contributed by atoms with Gasteiger partial charge in [0.2, 0.25) is 0 Å². The number of benzene rings is 1. The van der Waals surface area contributed by atoms with Crippen molar-refractivity contribution in [1.82, 2.24) is 0 Å². The van der Waals surface area contributed by atoms with E-state index in [1.54, 1.807) is 0 Å². The number of allylic oxidation sites excluding steroid dienone is 11. The fourth-order valence-electron chi connectivity index (χ4n) is 5.44. The highest BCUT2D eigenvalue weighted by molar-refractivity contribution is 7.97. The lowest BCUT2D eigenvalue weighted by atomic mass is 9.75. The number of Topliss-reactive ketones (excluding diaryl/α,β-unsaturated/α-hetero) is 1. The Kier molecular flexibility index (Phi) is 8.98. The first-order valence-corrected chi connectivity index (χ1v) is 14.0. The molecule has 0 spiro atoms. The average molecular weight is 484 g/mol. The van der Waals surface area contributed by atoms with E-state index >= 15 is 0 Å². The van der Waals surface area contributed by atoms with E-state index in [4.69, 9.17) is 4.40 Å². The van der Waals surface area contributed by atoms with E-state index in [9.17, 15) is 4.79 Å². The summed E-state index contributed by atoms with van der Waals surface area (Å²) < 4.78 is 4.70. The van der Waals surface area contributed by atoms with Crippen molar-refractivity contribution in [2.24, 2.45) is 16.2 Å². The minimum Gasteiger partial charge on any atom is -0.299 e. The summed E-state index contributed by atoms with van der Waals surface area (Å²) in [6, 6.07) is 8.60. The zero-order valence-electron chi connectivity index (χ0n) is 21.1. The van der Waals surface area contributed by atoms with Gasteiger partial charge in [-0.25, -0.2) is 4.40 Å². The van der Waals surface area contributed by atoms with Gasteiger partial charge in [0, 0.05) is 19.1 Å². The summed E-state index contributed by atoms with van der Waals surface area (Å²) in [7, 11) is 0. The molecule has 2 nitrogen and oxygen atoms in total. The molecule has 0 atom stereocenters. The summed E-state index contributed by atoms with van der Waals surface area (Å²) in [6.07, 6.45) is 24.8. The number of rotatable bonds is 7. The van der Waals surface area contributed by atoms with Crippen LogP contribution in [0.1, 0.15) is 62.5 Å². The Balaban J connectivity index is 1.29. The van der Waals surface area contributed by atoms with Crippen molar-refractivity contribution in [3.8, 4) is 0 Å². The lowest BCUT2D eigenvalue weighted by molar-refractivity contribution is -0.119. The van der Waals surface area contributed by atoms with Crippen LogP contribution in [0, 0.1) is 18.8 Å². The Morgan fingerprint density at radius 2 is 1.97 bits per heavy atom. The maximum Gasteiger partial charge on any atom is 0.137 e. The number of aryl methyl sites for hydroxylation is 1. The second-order valence-electron chi connectivity index (χ2n) is 9.99. The lowest BCUT2D eigenvalue weighted by Gasteiger charge is -2.30. The summed E-state index contributed by atoms with van der Waals surface area (Å²) in [6.45, 7) is 6.39. The molecule has 1 aromatic rings. The number of hydrogen-bond donors (Lipinski definition) is 0. The van der Waals surface area contributed by atoms with Gasteiger partial charge < -0.3 is 0 Å². The first-order chi connectivity index (χ1) is 17.0. The third kappa shape index (κ3) is 6.95. The molecule has 0 amide bonds. The normalized spacial score (nSPS) is 23.9. The van der Waals surface area contributed by atoms with Crippen LogP contribution in [0.15, 0.2) is 94.5 Å². The van der Waals surface area contributed by atoms with E-state index in [2.05, 4.69) is 80.3 Å². The monoisotopic (exact) mass is 483 g/mol.